The van der Waals surface area contributed by atoms with Crippen molar-refractivity contribution < 1.29 is 24.2 Å². The highest BCUT2D eigenvalue weighted by atomic mass is 16.5. The topological polar surface area (TPSA) is 77.8 Å². The van der Waals surface area contributed by atoms with Gasteiger partial charge in [-0.1, -0.05) is 36.9 Å². The van der Waals surface area contributed by atoms with E-state index in [2.05, 4.69) is 62.4 Å². The van der Waals surface area contributed by atoms with Gasteiger partial charge in [0.2, 0.25) is 0 Å². The van der Waals surface area contributed by atoms with Gasteiger partial charge < -0.3 is 19.1 Å². The minimum absolute atomic E-state index is 0.117. The molecular weight excluding hydrogens is 394 g/mol. The Labute approximate surface area is 181 Å². The van der Waals surface area contributed by atoms with E-state index < -0.39 is 0 Å². The number of esters is 1. The first-order valence-electron chi connectivity index (χ1n) is 10.0. The normalized spacial score (nSPS) is 15.9. The standard InChI is InChI=1S/C24H25NO3.CH2O2/c1-16-12-22(28-23(16)26)20-14-25(24(2,3)4)21-13-18(10-11-19(20)21)27-15-17-8-6-5-7-9-17;2-1-3/h5-11,13-14,22H,1,12,15H2,2-4H3;1H,(H,2,3). The second-order valence-electron chi connectivity index (χ2n) is 8.39. The Balaban J connectivity index is 0.000000858. The molecule has 1 unspecified atom stereocenters. The number of carbonyl (C=O) groups excluding carboxylic acids is 1. The fourth-order valence-electron chi connectivity index (χ4n) is 3.61. The number of rotatable bonds is 4. The van der Waals surface area contributed by atoms with E-state index in [0.29, 0.717) is 18.6 Å². The molecule has 1 fully saturated rings. The van der Waals surface area contributed by atoms with Gasteiger partial charge in [0.25, 0.3) is 6.47 Å². The zero-order valence-electron chi connectivity index (χ0n) is 18.0. The summed E-state index contributed by atoms with van der Waals surface area (Å²) in [5.41, 5.74) is 3.64. The predicted molar refractivity (Wildman–Crippen MR) is 119 cm³/mol. The van der Waals surface area contributed by atoms with Crippen LogP contribution in [0.25, 0.3) is 10.9 Å². The van der Waals surface area contributed by atoms with Gasteiger partial charge in [-0.25, -0.2) is 4.79 Å². The van der Waals surface area contributed by atoms with Gasteiger partial charge in [-0.2, -0.15) is 0 Å². The number of ether oxygens (including phenoxy) is 2. The van der Waals surface area contributed by atoms with Crippen LogP contribution < -0.4 is 4.74 Å². The van der Waals surface area contributed by atoms with Gasteiger partial charge in [0.15, 0.2) is 0 Å². The molecule has 0 radical (unpaired) electrons. The van der Waals surface area contributed by atoms with Gasteiger partial charge in [0.05, 0.1) is 5.52 Å². The zero-order chi connectivity index (χ0) is 22.6. The summed E-state index contributed by atoms with van der Waals surface area (Å²) in [6.45, 7) is 10.6. The summed E-state index contributed by atoms with van der Waals surface area (Å²) < 4.78 is 13.8. The third-order valence-electron chi connectivity index (χ3n) is 5.10. The van der Waals surface area contributed by atoms with Gasteiger partial charge in [-0.3, -0.25) is 4.79 Å². The molecule has 3 aromatic rings. The average molecular weight is 421 g/mol. The smallest absolute Gasteiger partial charge is 0.334 e. The summed E-state index contributed by atoms with van der Waals surface area (Å²) in [6, 6.07) is 16.2. The van der Waals surface area contributed by atoms with Crippen molar-refractivity contribution in [3.8, 4) is 5.75 Å². The van der Waals surface area contributed by atoms with Crippen molar-refractivity contribution in [3.05, 3.63) is 78.0 Å². The maximum atomic E-state index is 11.8. The zero-order valence-corrected chi connectivity index (χ0v) is 18.0. The minimum Gasteiger partial charge on any atom is -0.489 e. The summed E-state index contributed by atoms with van der Waals surface area (Å²) in [4.78, 5) is 20.2. The highest BCUT2D eigenvalue weighted by molar-refractivity contribution is 5.92. The second-order valence-corrected chi connectivity index (χ2v) is 8.39. The first-order chi connectivity index (χ1) is 14.7. The minimum atomic E-state index is -0.301. The Hall–Kier alpha value is -3.54. The van der Waals surface area contributed by atoms with Crippen LogP contribution in [0, 0.1) is 0 Å². The molecule has 6 heteroatoms. The van der Waals surface area contributed by atoms with E-state index >= 15 is 0 Å². The third kappa shape index (κ3) is 4.97. The molecule has 2 aromatic carbocycles. The summed E-state index contributed by atoms with van der Waals surface area (Å²) in [7, 11) is 0. The van der Waals surface area contributed by atoms with Crippen molar-refractivity contribution in [2.75, 3.05) is 0 Å². The highest BCUT2D eigenvalue weighted by Gasteiger charge is 2.32. The molecule has 4 rings (SSSR count). The van der Waals surface area contributed by atoms with Crippen LogP contribution in [0.5, 0.6) is 5.75 Å². The monoisotopic (exact) mass is 421 g/mol. The van der Waals surface area contributed by atoms with Gasteiger partial charge >= 0.3 is 5.97 Å². The maximum Gasteiger partial charge on any atom is 0.334 e. The Morgan fingerprint density at radius 1 is 1.23 bits per heavy atom. The quantitative estimate of drug-likeness (QED) is 0.355. The fourth-order valence-corrected chi connectivity index (χ4v) is 3.61. The van der Waals surface area contributed by atoms with E-state index in [-0.39, 0.29) is 24.1 Å². The highest BCUT2D eigenvalue weighted by Crippen LogP contribution is 2.39. The van der Waals surface area contributed by atoms with E-state index in [1.807, 2.05) is 24.3 Å². The largest absolute Gasteiger partial charge is 0.489 e. The molecule has 0 spiro atoms. The fraction of sp³-hybridized carbons (Fsp3) is 0.280. The summed E-state index contributed by atoms with van der Waals surface area (Å²) >= 11 is 0. The number of carbonyl (C=O) groups is 2. The molecule has 1 aliphatic heterocycles. The van der Waals surface area contributed by atoms with Crippen molar-refractivity contribution in [1.82, 2.24) is 4.57 Å². The number of nitrogens with zero attached hydrogens (tertiary/aromatic N) is 1. The molecule has 162 valence electrons. The number of hydrogen-bond donors (Lipinski definition) is 1. The summed E-state index contributed by atoms with van der Waals surface area (Å²) in [6.07, 6.45) is 2.36. The van der Waals surface area contributed by atoms with Gasteiger partial charge in [-0.15, -0.1) is 0 Å². The lowest BCUT2D eigenvalue weighted by Crippen LogP contribution is -2.20. The van der Waals surface area contributed by atoms with Crippen LogP contribution in [-0.2, 0) is 26.5 Å². The van der Waals surface area contributed by atoms with Crippen molar-refractivity contribution in [3.63, 3.8) is 0 Å². The van der Waals surface area contributed by atoms with Crippen LogP contribution in [0.2, 0.25) is 0 Å². The molecule has 0 saturated carbocycles. The number of aromatic nitrogens is 1. The molecule has 0 bridgehead atoms. The van der Waals surface area contributed by atoms with E-state index in [1.165, 1.54) is 0 Å². The maximum absolute atomic E-state index is 11.8. The van der Waals surface area contributed by atoms with Crippen molar-refractivity contribution >= 4 is 23.3 Å². The van der Waals surface area contributed by atoms with Crippen molar-refractivity contribution in [2.45, 2.75) is 45.4 Å². The Morgan fingerprint density at radius 3 is 2.48 bits per heavy atom. The molecule has 0 amide bonds. The lowest BCUT2D eigenvalue weighted by atomic mass is 10.0. The van der Waals surface area contributed by atoms with Crippen LogP contribution in [-0.4, -0.2) is 22.1 Å². The van der Waals surface area contributed by atoms with E-state index in [0.717, 1.165) is 27.8 Å². The molecule has 1 aliphatic rings. The SMILES string of the molecule is C=C1CC(c2cn(C(C)(C)C)c3cc(OCc4ccccc4)ccc23)OC1=O.O=CO. The number of carboxylic acid groups (broad SMARTS) is 1. The van der Waals surface area contributed by atoms with Crippen LogP contribution in [0.4, 0.5) is 0 Å². The molecule has 1 N–H and O–H groups in total. The van der Waals surface area contributed by atoms with Gasteiger partial charge in [0.1, 0.15) is 18.5 Å². The van der Waals surface area contributed by atoms with Crippen LogP contribution in [0.1, 0.15) is 44.4 Å². The molecule has 1 atom stereocenters. The number of hydrogen-bond acceptors (Lipinski definition) is 4. The molecule has 0 aliphatic carbocycles. The van der Waals surface area contributed by atoms with E-state index in [4.69, 9.17) is 19.4 Å². The molecule has 31 heavy (non-hydrogen) atoms. The molecule has 2 heterocycles. The Kier molecular flexibility index (Phi) is 6.49. The van der Waals surface area contributed by atoms with Gasteiger partial charge in [0, 0.05) is 40.7 Å². The third-order valence-corrected chi connectivity index (χ3v) is 5.10. The van der Waals surface area contributed by atoms with Gasteiger partial charge in [-0.05, 0) is 38.5 Å². The van der Waals surface area contributed by atoms with Crippen LogP contribution >= 0.6 is 0 Å². The molecule has 1 saturated heterocycles. The molecule has 1 aromatic heterocycles. The average Bonchev–Trinajstić information content (AvgIpc) is 3.27. The summed E-state index contributed by atoms with van der Waals surface area (Å²) in [5, 5.41) is 7.97. The number of benzene rings is 2. The first-order valence-corrected chi connectivity index (χ1v) is 10.0. The lowest BCUT2D eigenvalue weighted by molar-refractivity contribution is -0.139. The van der Waals surface area contributed by atoms with Crippen LogP contribution in [0.3, 0.4) is 0 Å². The van der Waals surface area contributed by atoms with Crippen molar-refractivity contribution in [2.24, 2.45) is 0 Å². The lowest BCUT2D eigenvalue weighted by Gasteiger charge is -2.23. The molecule has 6 nitrogen and oxygen atoms in total. The second kappa shape index (κ2) is 9.08. The number of cyclic esters (lactones) is 1. The van der Waals surface area contributed by atoms with Crippen LogP contribution in [0.15, 0.2) is 66.9 Å². The Morgan fingerprint density at radius 2 is 1.90 bits per heavy atom. The number of fused-ring (bicyclic) bond motifs is 1. The molecular formula is C25H27NO5. The van der Waals surface area contributed by atoms with E-state index in [9.17, 15) is 4.79 Å². The Bertz CT molecular complexity index is 1080. The van der Waals surface area contributed by atoms with E-state index in [1.54, 1.807) is 0 Å². The summed E-state index contributed by atoms with van der Waals surface area (Å²) in [5.74, 6) is 0.517. The first kappa shape index (κ1) is 22.2. The van der Waals surface area contributed by atoms with Crippen molar-refractivity contribution in [1.29, 1.82) is 0 Å². The predicted octanol–water partition coefficient (Wildman–Crippen LogP) is 5.22.